The highest BCUT2D eigenvalue weighted by Crippen LogP contribution is 2.18. The number of hydrogen-bond acceptors (Lipinski definition) is 5. The second kappa shape index (κ2) is 6.51. The molecule has 0 aromatic heterocycles. The highest BCUT2D eigenvalue weighted by atomic mass is 16.6. The second-order valence-corrected chi connectivity index (χ2v) is 4.28. The Bertz CT molecular complexity index is 651. The number of benzene rings is 2. The van der Waals surface area contributed by atoms with Crippen molar-refractivity contribution in [2.75, 3.05) is 6.61 Å². The molecule has 0 heterocycles. The zero-order valence-electron chi connectivity index (χ0n) is 11.3. The first-order chi connectivity index (χ1) is 10.1. The fraction of sp³-hybridized carbons (Fsp3) is 0.133. The molecule has 0 radical (unpaired) electrons. The number of non-ortho nitro benzene ring substituents is 1. The summed E-state index contributed by atoms with van der Waals surface area (Å²) >= 11 is 0. The molecule has 0 amide bonds. The van der Waals surface area contributed by atoms with Gasteiger partial charge in [-0.1, -0.05) is 18.2 Å². The van der Waals surface area contributed by atoms with Crippen LogP contribution in [-0.4, -0.2) is 17.5 Å². The van der Waals surface area contributed by atoms with Gasteiger partial charge in [-0.05, 0) is 30.7 Å². The van der Waals surface area contributed by atoms with Crippen LogP contribution in [0.25, 0.3) is 0 Å². The predicted octanol–water partition coefficient (Wildman–Crippen LogP) is 2.89. The summed E-state index contributed by atoms with van der Waals surface area (Å²) in [6.45, 7) is 1.64. The molecule has 0 unspecified atom stereocenters. The SMILES string of the molecule is Cc1ccccc1OCC(=O)Oc1ccc([N+](=O)[O-])cc1. The number of nitro benzene ring substituents is 1. The second-order valence-electron chi connectivity index (χ2n) is 4.28. The number of hydrogen-bond donors (Lipinski definition) is 0. The van der Waals surface area contributed by atoms with E-state index in [9.17, 15) is 14.9 Å². The third-order valence-corrected chi connectivity index (χ3v) is 2.72. The van der Waals surface area contributed by atoms with Crippen LogP contribution in [0.4, 0.5) is 5.69 Å². The molecule has 0 N–H and O–H groups in total. The zero-order valence-corrected chi connectivity index (χ0v) is 11.3. The molecule has 2 rings (SSSR count). The van der Waals surface area contributed by atoms with Crippen LogP contribution in [0.1, 0.15) is 5.56 Å². The van der Waals surface area contributed by atoms with Gasteiger partial charge in [0.2, 0.25) is 0 Å². The van der Waals surface area contributed by atoms with Gasteiger partial charge in [0, 0.05) is 12.1 Å². The van der Waals surface area contributed by atoms with Gasteiger partial charge >= 0.3 is 5.97 Å². The van der Waals surface area contributed by atoms with E-state index in [1.165, 1.54) is 24.3 Å². The van der Waals surface area contributed by atoms with Gasteiger partial charge in [-0.3, -0.25) is 10.1 Å². The van der Waals surface area contributed by atoms with Crippen LogP contribution in [0.3, 0.4) is 0 Å². The van der Waals surface area contributed by atoms with Crippen LogP contribution < -0.4 is 9.47 Å². The highest BCUT2D eigenvalue weighted by Gasteiger charge is 2.09. The number of ether oxygens (including phenoxy) is 2. The summed E-state index contributed by atoms with van der Waals surface area (Å²) in [7, 11) is 0. The minimum absolute atomic E-state index is 0.0639. The zero-order chi connectivity index (χ0) is 15.2. The molecule has 0 saturated heterocycles. The highest BCUT2D eigenvalue weighted by molar-refractivity contribution is 5.74. The third-order valence-electron chi connectivity index (χ3n) is 2.72. The lowest BCUT2D eigenvalue weighted by Crippen LogP contribution is -2.17. The van der Waals surface area contributed by atoms with Crippen molar-refractivity contribution in [3.05, 3.63) is 64.2 Å². The maximum Gasteiger partial charge on any atom is 0.349 e. The van der Waals surface area contributed by atoms with E-state index in [-0.39, 0.29) is 18.0 Å². The number of esters is 1. The molecular formula is C15H13NO5. The van der Waals surface area contributed by atoms with Crippen LogP contribution in [-0.2, 0) is 4.79 Å². The minimum atomic E-state index is -0.577. The van der Waals surface area contributed by atoms with E-state index in [0.717, 1.165) is 5.56 Å². The number of nitrogens with zero attached hydrogens (tertiary/aromatic N) is 1. The summed E-state index contributed by atoms with van der Waals surface area (Å²) in [5.41, 5.74) is 0.853. The van der Waals surface area contributed by atoms with E-state index in [4.69, 9.17) is 9.47 Å². The predicted molar refractivity (Wildman–Crippen MR) is 75.4 cm³/mol. The van der Waals surface area contributed by atoms with Crippen molar-refractivity contribution >= 4 is 11.7 Å². The Morgan fingerprint density at radius 2 is 1.81 bits per heavy atom. The molecule has 0 aliphatic carbocycles. The number of carbonyl (C=O) groups excluding carboxylic acids is 1. The van der Waals surface area contributed by atoms with E-state index < -0.39 is 10.9 Å². The van der Waals surface area contributed by atoms with Crippen LogP contribution in [0, 0.1) is 17.0 Å². The van der Waals surface area contributed by atoms with E-state index in [2.05, 4.69) is 0 Å². The fourth-order valence-electron chi connectivity index (χ4n) is 1.65. The average molecular weight is 287 g/mol. The van der Waals surface area contributed by atoms with Crippen molar-refractivity contribution in [2.45, 2.75) is 6.92 Å². The van der Waals surface area contributed by atoms with E-state index in [1.807, 2.05) is 25.1 Å². The number of rotatable bonds is 5. The Hall–Kier alpha value is -2.89. The summed E-state index contributed by atoms with van der Waals surface area (Å²) in [6, 6.07) is 12.6. The van der Waals surface area contributed by atoms with Gasteiger partial charge in [-0.2, -0.15) is 0 Å². The largest absolute Gasteiger partial charge is 0.482 e. The lowest BCUT2D eigenvalue weighted by molar-refractivity contribution is -0.384. The maximum atomic E-state index is 11.6. The van der Waals surface area contributed by atoms with Crippen LogP contribution >= 0.6 is 0 Å². The van der Waals surface area contributed by atoms with Gasteiger partial charge in [0.25, 0.3) is 5.69 Å². The van der Waals surface area contributed by atoms with E-state index in [1.54, 1.807) is 6.07 Å². The van der Waals surface area contributed by atoms with Crippen molar-refractivity contribution in [1.82, 2.24) is 0 Å². The first-order valence-electron chi connectivity index (χ1n) is 6.20. The molecule has 0 bridgehead atoms. The van der Waals surface area contributed by atoms with E-state index in [0.29, 0.717) is 5.75 Å². The normalized spacial score (nSPS) is 9.95. The van der Waals surface area contributed by atoms with Crippen molar-refractivity contribution in [3.8, 4) is 11.5 Å². The molecule has 2 aromatic carbocycles. The van der Waals surface area contributed by atoms with Gasteiger partial charge < -0.3 is 9.47 Å². The number of aryl methyl sites for hydroxylation is 1. The van der Waals surface area contributed by atoms with Gasteiger partial charge in [-0.25, -0.2) is 4.79 Å². The van der Waals surface area contributed by atoms with Crippen LogP contribution in [0.5, 0.6) is 11.5 Å². The van der Waals surface area contributed by atoms with E-state index >= 15 is 0 Å². The quantitative estimate of drug-likeness (QED) is 0.365. The average Bonchev–Trinajstić information content (AvgIpc) is 2.47. The Morgan fingerprint density at radius 3 is 2.43 bits per heavy atom. The molecular weight excluding hydrogens is 274 g/mol. The summed E-state index contributed by atoms with van der Waals surface area (Å²) in [5, 5.41) is 10.5. The van der Waals surface area contributed by atoms with Crippen LogP contribution in [0.2, 0.25) is 0 Å². The molecule has 0 spiro atoms. The maximum absolute atomic E-state index is 11.6. The molecule has 6 nitrogen and oxygen atoms in total. The Balaban J connectivity index is 1.90. The number of para-hydroxylation sites is 1. The molecule has 6 heteroatoms. The molecule has 0 atom stereocenters. The molecule has 0 fully saturated rings. The molecule has 2 aromatic rings. The first kappa shape index (κ1) is 14.5. The van der Waals surface area contributed by atoms with Gasteiger partial charge in [0.1, 0.15) is 11.5 Å². The topological polar surface area (TPSA) is 78.7 Å². The summed E-state index contributed by atoms with van der Waals surface area (Å²) in [5.74, 6) is 0.268. The Morgan fingerprint density at radius 1 is 1.14 bits per heavy atom. The molecule has 0 aliphatic rings. The van der Waals surface area contributed by atoms with Crippen molar-refractivity contribution in [3.63, 3.8) is 0 Å². The minimum Gasteiger partial charge on any atom is -0.482 e. The third kappa shape index (κ3) is 4.04. The lowest BCUT2D eigenvalue weighted by atomic mass is 10.2. The van der Waals surface area contributed by atoms with Gasteiger partial charge in [0.05, 0.1) is 4.92 Å². The van der Waals surface area contributed by atoms with Crippen molar-refractivity contribution in [1.29, 1.82) is 0 Å². The van der Waals surface area contributed by atoms with Crippen LogP contribution in [0.15, 0.2) is 48.5 Å². The fourth-order valence-corrected chi connectivity index (χ4v) is 1.65. The summed E-state index contributed by atoms with van der Waals surface area (Å²) in [4.78, 5) is 21.6. The Labute approximate surface area is 121 Å². The molecule has 0 saturated carbocycles. The summed E-state index contributed by atoms with van der Waals surface area (Å²) in [6.07, 6.45) is 0. The molecule has 0 aliphatic heterocycles. The lowest BCUT2D eigenvalue weighted by Gasteiger charge is -2.08. The smallest absolute Gasteiger partial charge is 0.349 e. The number of carbonyl (C=O) groups is 1. The monoisotopic (exact) mass is 287 g/mol. The Kier molecular flexibility index (Phi) is 4.50. The molecule has 108 valence electrons. The van der Waals surface area contributed by atoms with Gasteiger partial charge in [0.15, 0.2) is 6.61 Å². The summed E-state index contributed by atoms with van der Waals surface area (Å²) < 4.78 is 10.4. The standard InChI is InChI=1S/C15H13NO5/c1-11-4-2-3-5-14(11)20-10-15(17)21-13-8-6-12(7-9-13)16(18)19/h2-9H,10H2,1H3. The van der Waals surface area contributed by atoms with Crippen molar-refractivity contribution < 1.29 is 19.2 Å². The number of nitro groups is 1. The van der Waals surface area contributed by atoms with Gasteiger partial charge in [-0.15, -0.1) is 0 Å². The first-order valence-corrected chi connectivity index (χ1v) is 6.20. The molecule has 21 heavy (non-hydrogen) atoms. The van der Waals surface area contributed by atoms with Crippen molar-refractivity contribution in [2.24, 2.45) is 0 Å².